The number of aliphatic hydroxyl groups is 1. The first-order valence-corrected chi connectivity index (χ1v) is 6.68. The second-order valence-electron chi connectivity index (χ2n) is 5.58. The zero-order chi connectivity index (χ0) is 11.5. The lowest BCUT2D eigenvalue weighted by Crippen LogP contribution is -2.51. The van der Waals surface area contributed by atoms with Crippen LogP contribution in [-0.2, 0) is 0 Å². The highest BCUT2D eigenvalue weighted by Gasteiger charge is 2.30. The molecule has 2 saturated carbocycles. The van der Waals surface area contributed by atoms with Crippen LogP contribution in [0.25, 0.3) is 0 Å². The fourth-order valence-corrected chi connectivity index (χ4v) is 3.00. The van der Waals surface area contributed by atoms with E-state index in [0.717, 1.165) is 37.8 Å². The minimum Gasteiger partial charge on any atom is -0.392 e. The van der Waals surface area contributed by atoms with Gasteiger partial charge in [-0.05, 0) is 44.4 Å². The van der Waals surface area contributed by atoms with E-state index >= 15 is 0 Å². The maximum Gasteiger partial charge on any atom is 0.0693 e. The van der Waals surface area contributed by atoms with Crippen LogP contribution in [0.15, 0.2) is 0 Å². The van der Waals surface area contributed by atoms with Crippen molar-refractivity contribution in [2.45, 2.75) is 70.1 Å². The fourth-order valence-electron chi connectivity index (χ4n) is 3.00. The summed E-state index contributed by atoms with van der Waals surface area (Å²) in [6.45, 7) is 2.26. The molecule has 3 N–H and O–H groups in total. The molecule has 0 saturated heterocycles. The molecule has 2 rings (SSSR count). The average Bonchev–Trinajstić information content (AvgIpc) is 2.27. The van der Waals surface area contributed by atoms with Gasteiger partial charge in [0.15, 0.2) is 0 Å². The molecule has 0 aromatic rings. The monoisotopic (exact) mass is 224 g/mol. The normalized spacial score (nSPS) is 41.0. The van der Waals surface area contributed by atoms with Crippen LogP contribution in [-0.4, -0.2) is 29.0 Å². The molecule has 0 spiro atoms. The molecule has 3 heteroatoms. The van der Waals surface area contributed by atoms with E-state index in [1.165, 1.54) is 12.8 Å². The van der Waals surface area contributed by atoms with Crippen LogP contribution >= 0.6 is 0 Å². The molecule has 0 bridgehead atoms. The number of aliphatic hydroxyl groups excluding tert-OH is 1. The molecule has 0 aliphatic heterocycles. The molecule has 16 heavy (non-hydrogen) atoms. The van der Waals surface area contributed by atoms with Gasteiger partial charge in [-0.2, -0.15) is 0 Å². The standard InChI is InChI=1S/C13H24N2O/c1-9-6-7-13(16)12(8-9)15-11-5-3-2-4-10(11)14/h9,11-16H,2-8H2,1H3. The predicted octanol–water partition coefficient (Wildman–Crippen LogP) is 2.09. The Morgan fingerprint density at radius 1 is 1.25 bits per heavy atom. The van der Waals surface area contributed by atoms with Crippen LogP contribution in [0.4, 0.5) is 0 Å². The lowest BCUT2D eigenvalue weighted by atomic mass is 9.83. The molecule has 92 valence electrons. The molecule has 2 aliphatic rings. The van der Waals surface area contributed by atoms with Crippen LogP contribution in [0.5, 0.6) is 0 Å². The number of nitrogens with one attached hydrogen (secondary N) is 2. The van der Waals surface area contributed by atoms with E-state index in [1.54, 1.807) is 0 Å². The summed E-state index contributed by atoms with van der Waals surface area (Å²) in [5.74, 6) is 0.707. The molecule has 0 heterocycles. The van der Waals surface area contributed by atoms with Gasteiger partial charge in [0.2, 0.25) is 0 Å². The van der Waals surface area contributed by atoms with Gasteiger partial charge < -0.3 is 15.8 Å². The van der Waals surface area contributed by atoms with Crippen LogP contribution in [0.1, 0.15) is 51.9 Å². The fraction of sp³-hybridized carbons (Fsp3) is 0.923. The SMILES string of the molecule is CC1CCC(O)C(NC2CCCCC2=N)C1. The van der Waals surface area contributed by atoms with Crippen molar-refractivity contribution < 1.29 is 5.11 Å². The van der Waals surface area contributed by atoms with E-state index in [2.05, 4.69) is 12.2 Å². The Morgan fingerprint density at radius 3 is 2.81 bits per heavy atom. The van der Waals surface area contributed by atoms with Crippen molar-refractivity contribution in [1.82, 2.24) is 5.32 Å². The van der Waals surface area contributed by atoms with Gasteiger partial charge in [0, 0.05) is 17.8 Å². The summed E-state index contributed by atoms with van der Waals surface area (Å²) in [5, 5.41) is 21.4. The van der Waals surface area contributed by atoms with Crippen molar-refractivity contribution in [3.8, 4) is 0 Å². The van der Waals surface area contributed by atoms with Gasteiger partial charge in [0.1, 0.15) is 0 Å². The zero-order valence-electron chi connectivity index (χ0n) is 10.2. The van der Waals surface area contributed by atoms with Gasteiger partial charge in [-0.15, -0.1) is 0 Å². The Hall–Kier alpha value is -0.410. The Balaban J connectivity index is 1.89. The third-order valence-corrected chi connectivity index (χ3v) is 4.10. The third kappa shape index (κ3) is 2.83. The summed E-state index contributed by atoms with van der Waals surface area (Å²) in [6, 6.07) is 0.450. The summed E-state index contributed by atoms with van der Waals surface area (Å²) >= 11 is 0. The zero-order valence-corrected chi connectivity index (χ0v) is 10.2. The quantitative estimate of drug-likeness (QED) is 0.672. The summed E-state index contributed by atoms with van der Waals surface area (Å²) in [6.07, 6.45) is 7.32. The highest BCUT2D eigenvalue weighted by Crippen LogP contribution is 2.25. The second-order valence-corrected chi connectivity index (χ2v) is 5.58. The largest absolute Gasteiger partial charge is 0.392 e. The van der Waals surface area contributed by atoms with Crippen LogP contribution in [0.2, 0.25) is 0 Å². The van der Waals surface area contributed by atoms with E-state index in [0.29, 0.717) is 5.92 Å². The van der Waals surface area contributed by atoms with Gasteiger partial charge in [-0.3, -0.25) is 0 Å². The van der Waals surface area contributed by atoms with Gasteiger partial charge in [0.05, 0.1) is 6.10 Å². The Morgan fingerprint density at radius 2 is 2.06 bits per heavy atom. The summed E-state index contributed by atoms with van der Waals surface area (Å²) in [5.41, 5.74) is 0.844. The highest BCUT2D eigenvalue weighted by molar-refractivity contribution is 5.87. The van der Waals surface area contributed by atoms with Crippen molar-refractivity contribution in [2.24, 2.45) is 5.92 Å². The number of hydrogen-bond donors (Lipinski definition) is 3. The smallest absolute Gasteiger partial charge is 0.0693 e. The first-order chi connectivity index (χ1) is 7.66. The molecule has 2 aliphatic carbocycles. The molecule has 3 nitrogen and oxygen atoms in total. The minimum atomic E-state index is -0.203. The van der Waals surface area contributed by atoms with E-state index in [1.807, 2.05) is 0 Å². The number of rotatable bonds is 2. The molecule has 0 aromatic carbocycles. The van der Waals surface area contributed by atoms with E-state index in [9.17, 15) is 5.11 Å². The molecular formula is C13H24N2O. The van der Waals surface area contributed by atoms with Crippen molar-refractivity contribution >= 4 is 5.71 Å². The first-order valence-electron chi connectivity index (χ1n) is 6.68. The van der Waals surface area contributed by atoms with Crippen LogP contribution in [0.3, 0.4) is 0 Å². The maximum atomic E-state index is 9.97. The van der Waals surface area contributed by atoms with E-state index < -0.39 is 0 Å². The van der Waals surface area contributed by atoms with Gasteiger partial charge >= 0.3 is 0 Å². The van der Waals surface area contributed by atoms with E-state index in [4.69, 9.17) is 5.41 Å². The molecular weight excluding hydrogens is 200 g/mol. The van der Waals surface area contributed by atoms with E-state index in [-0.39, 0.29) is 18.2 Å². The number of hydrogen-bond acceptors (Lipinski definition) is 3. The van der Waals surface area contributed by atoms with Gasteiger partial charge in [-0.25, -0.2) is 0 Å². The Labute approximate surface area is 98.1 Å². The molecule has 2 fully saturated rings. The summed E-state index contributed by atoms with van der Waals surface area (Å²) in [4.78, 5) is 0. The minimum absolute atomic E-state index is 0.203. The third-order valence-electron chi connectivity index (χ3n) is 4.10. The molecule has 4 unspecified atom stereocenters. The van der Waals surface area contributed by atoms with Crippen molar-refractivity contribution in [1.29, 1.82) is 5.41 Å². The predicted molar refractivity (Wildman–Crippen MR) is 65.9 cm³/mol. The lowest BCUT2D eigenvalue weighted by Gasteiger charge is -2.36. The second kappa shape index (κ2) is 5.28. The molecule has 0 radical (unpaired) electrons. The Kier molecular flexibility index (Phi) is 3.98. The Bertz CT molecular complexity index is 254. The van der Waals surface area contributed by atoms with Crippen molar-refractivity contribution in [2.75, 3.05) is 0 Å². The molecule has 4 atom stereocenters. The first kappa shape index (κ1) is 12.1. The van der Waals surface area contributed by atoms with Crippen LogP contribution in [0, 0.1) is 11.3 Å². The summed E-state index contributed by atoms with van der Waals surface area (Å²) < 4.78 is 0. The van der Waals surface area contributed by atoms with Crippen molar-refractivity contribution in [3.63, 3.8) is 0 Å². The summed E-state index contributed by atoms with van der Waals surface area (Å²) in [7, 11) is 0. The maximum absolute atomic E-state index is 9.97. The highest BCUT2D eigenvalue weighted by atomic mass is 16.3. The lowest BCUT2D eigenvalue weighted by molar-refractivity contribution is 0.0702. The topological polar surface area (TPSA) is 56.1 Å². The van der Waals surface area contributed by atoms with Gasteiger partial charge in [0.25, 0.3) is 0 Å². The van der Waals surface area contributed by atoms with Crippen molar-refractivity contribution in [3.05, 3.63) is 0 Å². The molecule has 0 aromatic heterocycles. The van der Waals surface area contributed by atoms with Gasteiger partial charge in [-0.1, -0.05) is 13.3 Å². The van der Waals surface area contributed by atoms with Crippen LogP contribution < -0.4 is 5.32 Å². The average molecular weight is 224 g/mol. The molecule has 0 amide bonds.